The predicted octanol–water partition coefficient (Wildman–Crippen LogP) is 4.91. The van der Waals surface area contributed by atoms with Crippen LogP contribution in [-0.4, -0.2) is 11.0 Å². The fourth-order valence-electron chi connectivity index (χ4n) is 3.67. The first-order valence-corrected chi connectivity index (χ1v) is 9.97. The van der Waals surface area contributed by atoms with Gasteiger partial charge in [0.2, 0.25) is 0 Å². The summed E-state index contributed by atoms with van der Waals surface area (Å²) in [7, 11) is 0. The van der Waals surface area contributed by atoms with Crippen molar-refractivity contribution in [3.63, 3.8) is 0 Å². The molecule has 4 rings (SSSR count). The van der Waals surface area contributed by atoms with Gasteiger partial charge in [-0.3, -0.25) is 0 Å². The summed E-state index contributed by atoms with van der Waals surface area (Å²) in [4.78, 5) is 15.4. The van der Waals surface area contributed by atoms with Crippen LogP contribution in [0.5, 0.6) is 5.75 Å². The van der Waals surface area contributed by atoms with Gasteiger partial charge in [0, 0.05) is 16.1 Å². The van der Waals surface area contributed by atoms with E-state index in [4.69, 9.17) is 16.3 Å². The smallest absolute Gasteiger partial charge is 0.127 e. The molecule has 0 bridgehead atoms. The van der Waals surface area contributed by atoms with E-state index >= 15 is 0 Å². The van der Waals surface area contributed by atoms with E-state index < -0.39 is 5.97 Å². The number of rotatable bonds is 6. The van der Waals surface area contributed by atoms with Crippen LogP contribution in [0.4, 0.5) is 4.39 Å². The zero-order valence-electron chi connectivity index (χ0n) is 16.0. The van der Waals surface area contributed by atoms with Crippen LogP contribution >= 0.6 is 11.6 Å². The predicted molar refractivity (Wildman–Crippen MR) is 111 cm³/mol. The molecule has 152 valence electrons. The summed E-state index contributed by atoms with van der Waals surface area (Å²) < 4.78 is 20.1. The lowest BCUT2D eigenvalue weighted by atomic mass is 9.98. The van der Waals surface area contributed by atoms with E-state index in [-0.39, 0.29) is 18.1 Å². The molecule has 0 N–H and O–H groups in total. The Hall–Kier alpha value is -3.18. The molecule has 0 aliphatic heterocycles. The van der Waals surface area contributed by atoms with Crippen LogP contribution in [-0.2, 0) is 6.61 Å². The number of nitrogens with zero attached hydrogens (tertiary/aromatic N) is 1. The lowest BCUT2D eigenvalue weighted by Crippen LogP contribution is -2.23. The molecular weight excluding hydrogens is 405 g/mol. The van der Waals surface area contributed by atoms with Crippen LogP contribution in [0.3, 0.4) is 0 Å². The van der Waals surface area contributed by atoms with Crippen LogP contribution in [0.15, 0.2) is 60.7 Å². The molecule has 0 saturated heterocycles. The van der Waals surface area contributed by atoms with Gasteiger partial charge < -0.3 is 14.6 Å². The maximum absolute atomic E-state index is 14.1. The topological polar surface area (TPSA) is 62.2 Å². The van der Waals surface area contributed by atoms with E-state index in [1.807, 2.05) is 18.2 Å². The van der Waals surface area contributed by atoms with Gasteiger partial charge in [-0.05, 0) is 66.8 Å². The van der Waals surface area contributed by atoms with E-state index in [1.165, 1.54) is 18.2 Å². The number of pyridine rings is 1. The Morgan fingerprint density at radius 1 is 1.07 bits per heavy atom. The maximum atomic E-state index is 14.1. The molecule has 4 nitrogen and oxygen atoms in total. The number of aromatic carboxylic acids is 1. The molecule has 6 heteroatoms. The van der Waals surface area contributed by atoms with Gasteiger partial charge in [-0.1, -0.05) is 35.9 Å². The van der Waals surface area contributed by atoms with Gasteiger partial charge in [0.25, 0.3) is 0 Å². The Morgan fingerprint density at radius 3 is 2.67 bits per heavy atom. The van der Waals surface area contributed by atoms with Gasteiger partial charge in [0.05, 0.1) is 17.4 Å². The minimum atomic E-state index is -1.33. The normalized spacial score (nSPS) is 13.5. The van der Waals surface area contributed by atoms with E-state index in [9.17, 15) is 14.3 Å². The number of benzene rings is 2. The van der Waals surface area contributed by atoms with E-state index in [0.717, 1.165) is 36.0 Å². The van der Waals surface area contributed by atoms with Gasteiger partial charge >= 0.3 is 0 Å². The van der Waals surface area contributed by atoms with Crippen LogP contribution in [0, 0.1) is 5.82 Å². The number of carbonyl (C=O) groups excluding carboxylic acids is 1. The summed E-state index contributed by atoms with van der Waals surface area (Å²) in [6.45, 7) is 0.249. The molecule has 0 amide bonds. The van der Waals surface area contributed by atoms with Crippen LogP contribution in [0.2, 0.25) is 5.02 Å². The van der Waals surface area contributed by atoms with Crippen molar-refractivity contribution in [1.29, 1.82) is 0 Å². The molecule has 0 unspecified atom stereocenters. The second kappa shape index (κ2) is 8.67. The highest BCUT2D eigenvalue weighted by Crippen LogP contribution is 2.42. The number of hydrogen-bond acceptors (Lipinski definition) is 4. The third-order valence-corrected chi connectivity index (χ3v) is 5.46. The first-order chi connectivity index (χ1) is 14.5. The van der Waals surface area contributed by atoms with Crippen molar-refractivity contribution >= 4 is 28.7 Å². The first-order valence-electron chi connectivity index (χ1n) is 9.60. The summed E-state index contributed by atoms with van der Waals surface area (Å²) in [5.41, 5.74) is 3.72. The zero-order valence-corrected chi connectivity index (χ0v) is 16.8. The molecule has 0 saturated carbocycles. The Balaban J connectivity index is 1.72. The summed E-state index contributed by atoms with van der Waals surface area (Å²) in [6.07, 6.45) is 2.31. The average Bonchev–Trinajstić information content (AvgIpc) is 3.24. The number of hydrogen-bond donors (Lipinski definition) is 0. The molecule has 1 aliphatic rings. The molecule has 2 aromatic carbocycles. The monoisotopic (exact) mass is 422 g/mol. The van der Waals surface area contributed by atoms with E-state index in [2.05, 4.69) is 4.98 Å². The maximum Gasteiger partial charge on any atom is 0.127 e. The van der Waals surface area contributed by atoms with E-state index in [1.54, 1.807) is 24.3 Å². The molecule has 1 aliphatic carbocycles. The highest BCUT2D eigenvalue weighted by molar-refractivity contribution is 6.31. The van der Waals surface area contributed by atoms with Crippen LogP contribution in [0.25, 0.3) is 11.1 Å². The fraction of sp³-hybridized carbons (Fsp3) is 0.167. The number of allylic oxidation sites excluding steroid dienone is 2. The lowest BCUT2D eigenvalue weighted by molar-refractivity contribution is -0.255. The van der Waals surface area contributed by atoms with Gasteiger partial charge in [0.15, 0.2) is 0 Å². The molecule has 0 radical (unpaired) electrons. The third-order valence-electron chi connectivity index (χ3n) is 5.09. The quantitative estimate of drug-likeness (QED) is 0.566. The van der Waals surface area contributed by atoms with Gasteiger partial charge in [-0.15, -0.1) is 0 Å². The SMILES string of the molecule is O=C([O-])c1cccc(C2=C(c3cc(F)ccc3OCc3ccccc3Cl)CCC2)n1. The van der Waals surface area contributed by atoms with Crippen molar-refractivity contribution in [3.8, 4) is 5.75 Å². The Morgan fingerprint density at radius 2 is 1.87 bits per heavy atom. The standard InChI is InChI=1S/C24H19ClFNO3/c25-20-8-2-1-5-15(20)14-30-23-12-11-16(26)13-19(23)17-6-3-7-18(17)21-9-4-10-22(27-21)24(28)29/h1-2,4-5,8-13H,3,6-7,14H2,(H,28,29)/p-1. The molecule has 3 aromatic rings. The van der Waals surface area contributed by atoms with Crippen LogP contribution in [0.1, 0.15) is 46.6 Å². The average molecular weight is 423 g/mol. The second-order valence-corrected chi connectivity index (χ2v) is 7.43. The zero-order chi connectivity index (χ0) is 21.1. The Bertz CT molecular complexity index is 1140. The summed E-state index contributed by atoms with van der Waals surface area (Å²) in [5.74, 6) is -1.15. The highest BCUT2D eigenvalue weighted by atomic mass is 35.5. The molecular formula is C24H18ClFNO3-. The van der Waals surface area contributed by atoms with Crippen molar-refractivity contribution in [1.82, 2.24) is 4.98 Å². The van der Waals surface area contributed by atoms with Crippen molar-refractivity contribution in [3.05, 3.63) is 94.0 Å². The van der Waals surface area contributed by atoms with Crippen molar-refractivity contribution in [2.45, 2.75) is 25.9 Å². The Kier molecular flexibility index (Phi) is 5.81. The summed E-state index contributed by atoms with van der Waals surface area (Å²) in [6, 6.07) is 16.6. The lowest BCUT2D eigenvalue weighted by Gasteiger charge is -2.15. The number of aromatic nitrogens is 1. The third kappa shape index (κ3) is 4.21. The van der Waals surface area contributed by atoms with Crippen molar-refractivity contribution < 1.29 is 19.0 Å². The molecule has 0 atom stereocenters. The van der Waals surface area contributed by atoms with Gasteiger partial charge in [0.1, 0.15) is 18.2 Å². The minimum Gasteiger partial charge on any atom is -0.543 e. The Labute approximate surface area is 178 Å². The molecule has 0 fully saturated rings. The number of halogens is 2. The first kappa shape index (κ1) is 20.1. The number of carbonyl (C=O) groups is 1. The molecule has 1 heterocycles. The number of carboxylic acid groups (broad SMARTS) is 1. The largest absolute Gasteiger partial charge is 0.543 e. The highest BCUT2D eigenvalue weighted by Gasteiger charge is 2.22. The molecule has 0 spiro atoms. The van der Waals surface area contributed by atoms with Crippen molar-refractivity contribution in [2.75, 3.05) is 0 Å². The number of carboxylic acids is 1. The fourth-order valence-corrected chi connectivity index (χ4v) is 3.87. The molecule has 1 aromatic heterocycles. The summed E-state index contributed by atoms with van der Waals surface area (Å²) in [5, 5.41) is 11.8. The van der Waals surface area contributed by atoms with Gasteiger partial charge in [-0.2, -0.15) is 0 Å². The second-order valence-electron chi connectivity index (χ2n) is 7.03. The number of ether oxygens (including phenoxy) is 1. The van der Waals surface area contributed by atoms with Gasteiger partial charge in [-0.25, -0.2) is 9.37 Å². The van der Waals surface area contributed by atoms with Crippen LogP contribution < -0.4 is 9.84 Å². The van der Waals surface area contributed by atoms with Crippen molar-refractivity contribution in [2.24, 2.45) is 0 Å². The van der Waals surface area contributed by atoms with E-state index in [0.29, 0.717) is 22.0 Å². The summed E-state index contributed by atoms with van der Waals surface area (Å²) >= 11 is 6.22. The minimum absolute atomic E-state index is 0.124. The molecule has 30 heavy (non-hydrogen) atoms.